The Kier molecular flexibility index (Phi) is 3.66. The molecule has 0 bridgehead atoms. The van der Waals surface area contributed by atoms with Crippen molar-refractivity contribution in [1.82, 2.24) is 0 Å². The molecule has 2 nitrogen and oxygen atoms in total. The van der Waals surface area contributed by atoms with Gasteiger partial charge in [0.05, 0.1) is 12.3 Å². The molecule has 0 saturated carbocycles. The van der Waals surface area contributed by atoms with Crippen molar-refractivity contribution in [3.8, 4) is 16.9 Å². The fraction of sp³-hybridized carbons (Fsp3) is 0.200. The minimum Gasteiger partial charge on any atom is -0.491 e. The minimum absolute atomic E-state index is 0.694. The van der Waals surface area contributed by atoms with Gasteiger partial charge in [-0.2, -0.15) is 0 Å². The van der Waals surface area contributed by atoms with E-state index in [1.165, 1.54) is 5.56 Å². The average molecular weight is 227 g/mol. The normalized spacial score (nSPS) is 10.2. The Morgan fingerprint density at radius 2 is 1.76 bits per heavy atom. The van der Waals surface area contributed by atoms with Crippen LogP contribution in [0.25, 0.3) is 11.1 Å². The van der Waals surface area contributed by atoms with Gasteiger partial charge in [-0.15, -0.1) is 0 Å². The molecule has 2 rings (SSSR count). The molecule has 17 heavy (non-hydrogen) atoms. The third-order valence-electron chi connectivity index (χ3n) is 2.58. The zero-order chi connectivity index (χ0) is 12.1. The van der Waals surface area contributed by atoms with Crippen molar-refractivity contribution in [2.45, 2.75) is 13.3 Å². The van der Waals surface area contributed by atoms with Crippen molar-refractivity contribution in [3.63, 3.8) is 0 Å². The summed E-state index contributed by atoms with van der Waals surface area (Å²) in [5.41, 5.74) is 8.95. The summed E-state index contributed by atoms with van der Waals surface area (Å²) < 4.78 is 5.55. The molecule has 0 aliphatic rings. The van der Waals surface area contributed by atoms with Crippen LogP contribution in [0.1, 0.15) is 13.3 Å². The van der Waals surface area contributed by atoms with Crippen LogP contribution >= 0.6 is 0 Å². The Morgan fingerprint density at radius 1 is 1.00 bits per heavy atom. The molecule has 0 fully saturated rings. The fourth-order valence-electron chi connectivity index (χ4n) is 1.70. The molecule has 0 aliphatic carbocycles. The van der Waals surface area contributed by atoms with E-state index >= 15 is 0 Å². The highest BCUT2D eigenvalue weighted by atomic mass is 16.5. The van der Waals surface area contributed by atoms with E-state index in [1.54, 1.807) is 0 Å². The molecule has 0 saturated heterocycles. The lowest BCUT2D eigenvalue weighted by Crippen LogP contribution is -1.99. The standard InChI is InChI=1S/C15H17NO/c1-2-10-17-15-9-8-13(11-14(15)16)12-6-4-3-5-7-12/h3-9,11H,2,10,16H2,1H3. The highest BCUT2D eigenvalue weighted by Gasteiger charge is 2.03. The maximum Gasteiger partial charge on any atom is 0.142 e. The second-order valence-corrected chi connectivity index (χ2v) is 3.97. The second kappa shape index (κ2) is 5.39. The van der Waals surface area contributed by atoms with Gasteiger partial charge in [-0.05, 0) is 29.7 Å². The molecule has 2 aromatic carbocycles. The lowest BCUT2D eigenvalue weighted by molar-refractivity contribution is 0.319. The van der Waals surface area contributed by atoms with Gasteiger partial charge in [-0.3, -0.25) is 0 Å². The van der Waals surface area contributed by atoms with Crippen molar-refractivity contribution >= 4 is 5.69 Å². The third kappa shape index (κ3) is 2.78. The van der Waals surface area contributed by atoms with Gasteiger partial charge in [0.15, 0.2) is 0 Å². The van der Waals surface area contributed by atoms with E-state index in [0.717, 1.165) is 17.7 Å². The number of ether oxygens (including phenoxy) is 1. The van der Waals surface area contributed by atoms with Crippen LogP contribution in [0.15, 0.2) is 48.5 Å². The summed E-state index contributed by atoms with van der Waals surface area (Å²) in [5, 5.41) is 0. The maximum atomic E-state index is 5.97. The van der Waals surface area contributed by atoms with Gasteiger partial charge in [0.2, 0.25) is 0 Å². The Bertz CT molecular complexity index is 480. The lowest BCUT2D eigenvalue weighted by atomic mass is 10.1. The number of anilines is 1. The molecule has 0 amide bonds. The highest BCUT2D eigenvalue weighted by molar-refractivity contribution is 5.70. The molecule has 0 aliphatic heterocycles. The van der Waals surface area contributed by atoms with Crippen LogP contribution in [0.3, 0.4) is 0 Å². The van der Waals surface area contributed by atoms with Crippen molar-refractivity contribution in [2.75, 3.05) is 12.3 Å². The van der Waals surface area contributed by atoms with Gasteiger partial charge in [0, 0.05) is 0 Å². The maximum absolute atomic E-state index is 5.97. The van der Waals surface area contributed by atoms with Gasteiger partial charge in [-0.25, -0.2) is 0 Å². The topological polar surface area (TPSA) is 35.2 Å². The van der Waals surface area contributed by atoms with E-state index in [-0.39, 0.29) is 0 Å². The summed E-state index contributed by atoms with van der Waals surface area (Å²) in [4.78, 5) is 0. The Labute approximate surface area is 102 Å². The van der Waals surface area contributed by atoms with Crippen LogP contribution in [0.4, 0.5) is 5.69 Å². The van der Waals surface area contributed by atoms with Crippen LogP contribution in [0, 0.1) is 0 Å². The molecule has 0 unspecified atom stereocenters. The smallest absolute Gasteiger partial charge is 0.142 e. The monoisotopic (exact) mass is 227 g/mol. The summed E-state index contributed by atoms with van der Waals surface area (Å²) in [7, 11) is 0. The molecular weight excluding hydrogens is 210 g/mol. The number of hydrogen-bond donors (Lipinski definition) is 1. The summed E-state index contributed by atoms with van der Waals surface area (Å²) in [6.07, 6.45) is 0.986. The highest BCUT2D eigenvalue weighted by Crippen LogP contribution is 2.28. The molecular formula is C15H17NO. The van der Waals surface area contributed by atoms with Crippen LogP contribution < -0.4 is 10.5 Å². The van der Waals surface area contributed by atoms with Crippen LogP contribution in [-0.4, -0.2) is 6.61 Å². The third-order valence-corrected chi connectivity index (χ3v) is 2.58. The Hall–Kier alpha value is -1.96. The number of hydrogen-bond acceptors (Lipinski definition) is 2. The van der Waals surface area contributed by atoms with Gasteiger partial charge >= 0.3 is 0 Å². The zero-order valence-electron chi connectivity index (χ0n) is 10.0. The first-order valence-corrected chi connectivity index (χ1v) is 5.89. The largest absolute Gasteiger partial charge is 0.491 e. The molecule has 0 heterocycles. The van der Waals surface area contributed by atoms with E-state index in [0.29, 0.717) is 12.3 Å². The molecule has 88 valence electrons. The number of nitrogens with two attached hydrogens (primary N) is 1. The predicted molar refractivity (Wildman–Crippen MR) is 72.1 cm³/mol. The van der Waals surface area contributed by atoms with Crippen molar-refractivity contribution in [3.05, 3.63) is 48.5 Å². The first-order chi connectivity index (χ1) is 8.31. The van der Waals surface area contributed by atoms with Crippen LogP contribution in [0.2, 0.25) is 0 Å². The zero-order valence-corrected chi connectivity index (χ0v) is 10.0. The first kappa shape index (κ1) is 11.5. The van der Waals surface area contributed by atoms with E-state index in [4.69, 9.17) is 10.5 Å². The minimum atomic E-state index is 0.694. The van der Waals surface area contributed by atoms with Crippen LogP contribution in [0.5, 0.6) is 5.75 Å². The summed E-state index contributed by atoms with van der Waals surface area (Å²) in [6.45, 7) is 2.78. The first-order valence-electron chi connectivity index (χ1n) is 5.89. The second-order valence-electron chi connectivity index (χ2n) is 3.97. The fourth-order valence-corrected chi connectivity index (χ4v) is 1.70. The van der Waals surface area contributed by atoms with Crippen molar-refractivity contribution < 1.29 is 4.74 Å². The quantitative estimate of drug-likeness (QED) is 0.808. The van der Waals surface area contributed by atoms with Gasteiger partial charge in [0.25, 0.3) is 0 Å². The Balaban J connectivity index is 2.25. The molecule has 0 spiro atoms. The SMILES string of the molecule is CCCOc1ccc(-c2ccccc2)cc1N. The Morgan fingerprint density at radius 3 is 2.41 bits per heavy atom. The molecule has 2 aromatic rings. The predicted octanol–water partition coefficient (Wildman–Crippen LogP) is 3.72. The summed E-state index contributed by atoms with van der Waals surface area (Å²) >= 11 is 0. The van der Waals surface area contributed by atoms with Crippen LogP contribution in [-0.2, 0) is 0 Å². The van der Waals surface area contributed by atoms with E-state index in [2.05, 4.69) is 19.1 Å². The number of rotatable bonds is 4. The molecule has 0 atom stereocenters. The molecule has 0 radical (unpaired) electrons. The summed E-state index contributed by atoms with van der Waals surface area (Å²) in [6, 6.07) is 16.1. The van der Waals surface area contributed by atoms with Gasteiger partial charge < -0.3 is 10.5 Å². The molecule has 0 aromatic heterocycles. The summed E-state index contributed by atoms with van der Waals surface area (Å²) in [5.74, 6) is 0.770. The number of benzene rings is 2. The van der Waals surface area contributed by atoms with E-state index in [1.807, 2.05) is 36.4 Å². The van der Waals surface area contributed by atoms with Crippen molar-refractivity contribution in [2.24, 2.45) is 0 Å². The van der Waals surface area contributed by atoms with Crippen molar-refractivity contribution in [1.29, 1.82) is 0 Å². The molecule has 2 heteroatoms. The average Bonchev–Trinajstić information content (AvgIpc) is 2.38. The molecule has 2 N–H and O–H groups in total. The van der Waals surface area contributed by atoms with Gasteiger partial charge in [-0.1, -0.05) is 43.3 Å². The van der Waals surface area contributed by atoms with Gasteiger partial charge in [0.1, 0.15) is 5.75 Å². The van der Waals surface area contributed by atoms with E-state index < -0.39 is 0 Å². The van der Waals surface area contributed by atoms with E-state index in [9.17, 15) is 0 Å². The lowest BCUT2D eigenvalue weighted by Gasteiger charge is -2.09. The number of nitrogen functional groups attached to an aromatic ring is 1.